The van der Waals surface area contributed by atoms with Crippen molar-refractivity contribution >= 4 is 82.9 Å². The number of esters is 3. The number of hydrogen-bond donors (Lipinski definition) is 3. The summed E-state index contributed by atoms with van der Waals surface area (Å²) < 4.78 is 113. The van der Waals surface area contributed by atoms with Crippen molar-refractivity contribution in [2.24, 2.45) is 0 Å². The molecular weight excluding hydrogens is 1090 g/mol. The Morgan fingerprint density at radius 1 is 0.449 bits per heavy atom. The summed E-state index contributed by atoms with van der Waals surface area (Å²) in [5.74, 6) is -11.4. The highest BCUT2D eigenvalue weighted by Gasteiger charge is 2.63. The second-order valence-corrected chi connectivity index (χ2v) is 28.5. The molecule has 0 spiro atoms. The normalized spacial score (nSPS) is 24.9. The minimum Gasteiger partial charge on any atom is -0.484 e. The Morgan fingerprint density at radius 2 is 0.667 bits per heavy atom. The molecule has 3 N–H and O–H groups in total. The average molecular weight is 1150 g/mol. The Balaban J connectivity index is 1.05. The second kappa shape index (κ2) is 20.3. The molecule has 0 bridgehead atoms. The molecule has 0 radical (unpaired) electrons. The van der Waals surface area contributed by atoms with E-state index in [1.54, 1.807) is 62.3 Å². The highest BCUT2D eigenvalue weighted by molar-refractivity contribution is 7.93. The monoisotopic (exact) mass is 1150 g/mol. The molecule has 0 saturated carbocycles. The highest BCUT2D eigenvalue weighted by Crippen LogP contribution is 2.41. The lowest BCUT2D eigenvalue weighted by Gasteiger charge is -2.49. The van der Waals surface area contributed by atoms with E-state index in [0.29, 0.717) is 0 Å². The summed E-state index contributed by atoms with van der Waals surface area (Å²) in [6.45, 7) is 15.5. The van der Waals surface area contributed by atoms with Crippen molar-refractivity contribution in [3.8, 4) is 17.2 Å². The van der Waals surface area contributed by atoms with Gasteiger partial charge in [-0.05, 0) is 99.8 Å². The molecule has 6 aliphatic heterocycles. The third-order valence-electron chi connectivity index (χ3n) is 12.1. The van der Waals surface area contributed by atoms with E-state index in [4.69, 9.17) is 28.4 Å². The van der Waals surface area contributed by atoms with Gasteiger partial charge < -0.3 is 44.4 Å². The van der Waals surface area contributed by atoms with Crippen LogP contribution in [0.4, 0.5) is 0 Å². The number of sulfone groups is 3. The van der Waals surface area contributed by atoms with Crippen LogP contribution < -0.4 is 30.2 Å². The zero-order valence-corrected chi connectivity index (χ0v) is 47.0. The van der Waals surface area contributed by atoms with Crippen molar-refractivity contribution in [1.82, 2.24) is 30.7 Å². The number of benzene rings is 1. The highest BCUT2D eigenvalue weighted by atomic mass is 32.2. The van der Waals surface area contributed by atoms with Crippen molar-refractivity contribution in [1.29, 1.82) is 0 Å². The molecule has 6 amide bonds. The summed E-state index contributed by atoms with van der Waals surface area (Å²) >= 11 is 0. The summed E-state index contributed by atoms with van der Waals surface area (Å²) in [5.41, 5.74) is -3.65. The predicted molar refractivity (Wildman–Crippen MR) is 268 cm³/mol. The van der Waals surface area contributed by atoms with E-state index >= 15 is 0 Å². The fourth-order valence-corrected chi connectivity index (χ4v) is 15.4. The topological polar surface area (TPSA) is 357 Å². The van der Waals surface area contributed by atoms with Crippen LogP contribution in [0.1, 0.15) is 83.1 Å². The third kappa shape index (κ3) is 11.8. The third-order valence-corrected chi connectivity index (χ3v) is 18.3. The van der Waals surface area contributed by atoms with Gasteiger partial charge in [0.05, 0.1) is 17.3 Å². The lowest BCUT2D eigenvalue weighted by molar-refractivity contribution is -0.159. The van der Waals surface area contributed by atoms with Gasteiger partial charge in [-0.3, -0.25) is 43.5 Å². The molecule has 1 aromatic rings. The molecule has 6 heterocycles. The maximum atomic E-state index is 13.4. The van der Waals surface area contributed by atoms with Crippen LogP contribution in [0.3, 0.4) is 0 Å². The molecule has 6 atom stereocenters. The van der Waals surface area contributed by atoms with Gasteiger partial charge in [0.1, 0.15) is 69.3 Å². The summed E-state index contributed by atoms with van der Waals surface area (Å²) in [6, 6.07) is -1.59. The summed E-state index contributed by atoms with van der Waals surface area (Å²) in [6.07, 6.45) is 0. The standard InChI is InChI=1S/C48H60N6O21S3/c1-22-19-76(64,65)40-31(37(58)52(40)34(22)43(61)73-46(4,5)6)49-28(55)16-70-25-13-26(71-17-29(56)50-32-38(59)53-35(44(62)74-47(7,8)9)23(2)20-77(66,67)41(32)53)15-27(14-25)72-18-30(57)51-33-39(60)54-36(45(63)75-48(10,11)12)24(3)21-78(68,69)42(33)54/h13-15,31-33,40-42H,16-21H2,1-12H3,(H,49,55)(H,50,56)(H,51,57)/t31-,32-,33-,40-,41-,42-/m1/s1. The number of amides is 6. The molecule has 0 aliphatic carbocycles. The smallest absolute Gasteiger partial charge is 0.355 e. The Labute approximate surface area is 449 Å². The van der Waals surface area contributed by atoms with Crippen LogP contribution in [0.5, 0.6) is 17.2 Å². The van der Waals surface area contributed by atoms with Crippen LogP contribution in [0.15, 0.2) is 52.0 Å². The Hall–Kier alpha value is -7.08. The average Bonchev–Trinajstić information content (AvgIpc) is 3.26. The van der Waals surface area contributed by atoms with Gasteiger partial charge in [0.2, 0.25) is 0 Å². The largest absolute Gasteiger partial charge is 0.484 e. The lowest BCUT2D eigenvalue weighted by Crippen LogP contribution is -2.75. The SMILES string of the molecule is CC1=C(C(=O)OC(C)(C)C)N2C(=O)[C@@H](NC(=O)COc3cc(OCC(=O)N[C@@H]4C(=O)N5C(C(=O)OC(C)(C)C)=C(C)CS(=O)(=O)[C@H]45)cc(OCC(=O)N[C@@H]4C(=O)N5C(C(=O)OC(C)(C)C)=C(C)CS(=O)(=O)[C@H]45)c3)[C@H]2S(=O)(=O)C1. The summed E-state index contributed by atoms with van der Waals surface area (Å²) in [5, 5.41) is 1.91. The first-order valence-electron chi connectivity index (χ1n) is 24.1. The number of fused-ring (bicyclic) bond motifs is 3. The predicted octanol–water partition coefficient (Wildman–Crippen LogP) is -1.09. The minimum atomic E-state index is -4.14. The number of carbonyl (C=O) groups is 9. The summed E-state index contributed by atoms with van der Waals surface area (Å²) in [7, 11) is -12.4. The van der Waals surface area contributed by atoms with E-state index in [2.05, 4.69) is 16.0 Å². The van der Waals surface area contributed by atoms with Crippen LogP contribution in [0, 0.1) is 0 Å². The van der Waals surface area contributed by atoms with Gasteiger partial charge in [-0.15, -0.1) is 0 Å². The van der Waals surface area contributed by atoms with Crippen LogP contribution in [-0.2, 0) is 86.9 Å². The lowest BCUT2D eigenvalue weighted by atomic mass is 10.0. The number of nitrogens with zero attached hydrogens (tertiary/aromatic N) is 3. The molecule has 426 valence electrons. The first-order chi connectivity index (χ1) is 35.7. The number of hydrogen-bond acceptors (Lipinski definition) is 21. The first kappa shape index (κ1) is 58.6. The molecule has 3 fully saturated rings. The van der Waals surface area contributed by atoms with Crippen LogP contribution in [-0.4, -0.2) is 181 Å². The summed E-state index contributed by atoms with van der Waals surface area (Å²) in [4.78, 5) is 122. The molecule has 1 aromatic carbocycles. The van der Waals surface area contributed by atoms with E-state index in [9.17, 15) is 68.4 Å². The second-order valence-electron chi connectivity index (χ2n) is 22.3. The Morgan fingerprint density at radius 3 is 0.872 bits per heavy atom. The number of carbonyl (C=O) groups excluding carboxylic acids is 9. The van der Waals surface area contributed by atoms with Gasteiger partial charge in [-0.25, -0.2) is 39.6 Å². The quantitative estimate of drug-likeness (QED) is 0.107. The molecule has 0 aromatic heterocycles. The van der Waals surface area contributed by atoms with Gasteiger partial charge >= 0.3 is 17.9 Å². The fraction of sp³-hybridized carbons (Fsp3) is 0.562. The van der Waals surface area contributed by atoms with Crippen molar-refractivity contribution in [3.63, 3.8) is 0 Å². The minimum absolute atomic E-state index is 0.0560. The zero-order chi connectivity index (χ0) is 58.3. The molecule has 3 saturated heterocycles. The van der Waals surface area contributed by atoms with Crippen molar-refractivity contribution < 1.29 is 96.8 Å². The molecule has 6 aliphatic rings. The number of ether oxygens (including phenoxy) is 6. The van der Waals surface area contributed by atoms with Gasteiger partial charge in [-0.2, -0.15) is 0 Å². The molecular formula is C48H60N6O21S3. The molecule has 78 heavy (non-hydrogen) atoms. The van der Waals surface area contributed by atoms with Gasteiger partial charge in [0.25, 0.3) is 35.4 Å². The Kier molecular flexibility index (Phi) is 15.2. The molecule has 30 heteroatoms. The van der Waals surface area contributed by atoms with E-state index in [-0.39, 0.29) is 51.1 Å². The van der Waals surface area contributed by atoms with Crippen molar-refractivity contribution in [2.45, 2.75) is 134 Å². The van der Waals surface area contributed by atoms with Crippen LogP contribution >= 0.6 is 0 Å². The van der Waals surface area contributed by atoms with E-state index in [1.165, 1.54) is 20.8 Å². The van der Waals surface area contributed by atoms with Gasteiger partial charge in [0, 0.05) is 18.2 Å². The van der Waals surface area contributed by atoms with Gasteiger partial charge in [-0.1, -0.05) is 0 Å². The first-order valence-corrected chi connectivity index (χ1v) is 29.2. The number of nitrogens with one attached hydrogen (secondary N) is 3. The van der Waals surface area contributed by atoms with Crippen molar-refractivity contribution in [3.05, 3.63) is 52.0 Å². The maximum absolute atomic E-state index is 13.4. The maximum Gasteiger partial charge on any atom is 0.355 e. The molecule has 0 unspecified atom stereocenters. The van der Waals surface area contributed by atoms with E-state index in [1.807, 2.05) is 0 Å². The van der Waals surface area contributed by atoms with Crippen molar-refractivity contribution in [2.75, 3.05) is 37.1 Å². The fourth-order valence-electron chi connectivity index (χ4n) is 9.28. The van der Waals surface area contributed by atoms with E-state index in [0.717, 1.165) is 32.9 Å². The molecule has 7 rings (SSSR count). The van der Waals surface area contributed by atoms with Crippen LogP contribution in [0.2, 0.25) is 0 Å². The van der Waals surface area contributed by atoms with Crippen LogP contribution in [0.25, 0.3) is 0 Å². The van der Waals surface area contributed by atoms with E-state index < -0.39 is 171 Å². The Bertz CT molecular complexity index is 2930. The number of rotatable bonds is 15. The zero-order valence-electron chi connectivity index (χ0n) is 44.6. The number of β-lactam (4-membered cyclic amide) rings is 3. The molecule has 27 nitrogen and oxygen atoms in total. The van der Waals surface area contributed by atoms with Gasteiger partial charge in [0.15, 0.2) is 65.5 Å².